The molecule has 0 spiro atoms. The van der Waals surface area contributed by atoms with Crippen molar-refractivity contribution >= 4 is 12.0 Å². The zero-order chi connectivity index (χ0) is 16.8. The van der Waals surface area contributed by atoms with Crippen molar-refractivity contribution in [3.05, 3.63) is 42.2 Å². The van der Waals surface area contributed by atoms with Gasteiger partial charge < -0.3 is 15.3 Å². The number of aliphatic carboxylic acids is 1. The van der Waals surface area contributed by atoms with Crippen molar-refractivity contribution in [2.24, 2.45) is 7.05 Å². The molecule has 2 amide bonds. The summed E-state index contributed by atoms with van der Waals surface area (Å²) in [6.45, 7) is 0.534. The van der Waals surface area contributed by atoms with Gasteiger partial charge in [0, 0.05) is 38.9 Å². The molecule has 0 fully saturated rings. The summed E-state index contributed by atoms with van der Waals surface area (Å²) in [5.74, 6) is -0.924. The van der Waals surface area contributed by atoms with Gasteiger partial charge in [-0.2, -0.15) is 5.10 Å². The monoisotopic (exact) mass is 316 g/mol. The maximum absolute atomic E-state index is 12.0. The lowest BCUT2D eigenvalue weighted by Crippen LogP contribution is -2.38. The molecular weight excluding hydrogens is 296 g/mol. The van der Waals surface area contributed by atoms with Gasteiger partial charge in [0.1, 0.15) is 0 Å². The van der Waals surface area contributed by atoms with E-state index in [2.05, 4.69) is 10.4 Å². The lowest BCUT2D eigenvalue weighted by Gasteiger charge is -2.17. The van der Waals surface area contributed by atoms with Crippen molar-refractivity contribution in [3.63, 3.8) is 0 Å². The number of aryl methyl sites for hydroxylation is 1. The molecule has 0 radical (unpaired) electrons. The van der Waals surface area contributed by atoms with Crippen LogP contribution in [0.2, 0.25) is 0 Å². The first kappa shape index (κ1) is 16.5. The van der Waals surface area contributed by atoms with Crippen LogP contribution in [-0.2, 0) is 18.4 Å². The van der Waals surface area contributed by atoms with Crippen molar-refractivity contribution in [3.8, 4) is 11.1 Å². The van der Waals surface area contributed by atoms with E-state index in [1.54, 1.807) is 17.9 Å². The highest BCUT2D eigenvalue weighted by Crippen LogP contribution is 2.22. The number of benzene rings is 1. The molecule has 7 nitrogen and oxygen atoms in total. The third-order valence-electron chi connectivity index (χ3n) is 3.47. The predicted octanol–water partition coefficient (Wildman–Crippen LogP) is 1.70. The van der Waals surface area contributed by atoms with Crippen LogP contribution in [-0.4, -0.2) is 45.4 Å². The van der Waals surface area contributed by atoms with E-state index in [1.165, 1.54) is 4.90 Å². The van der Waals surface area contributed by atoms with E-state index in [0.29, 0.717) is 6.54 Å². The Morgan fingerprint density at radius 1 is 1.35 bits per heavy atom. The number of urea groups is 1. The summed E-state index contributed by atoms with van der Waals surface area (Å²) >= 11 is 0. The maximum Gasteiger partial charge on any atom is 0.317 e. The standard InChI is InChI=1S/C16H20N4O3/c1-19(8-7-15(21)22)16(23)17-9-12-5-3-4-6-14(12)13-10-18-20(2)11-13/h3-6,10-11H,7-9H2,1-2H3,(H,17,23)(H,21,22). The van der Waals surface area contributed by atoms with E-state index in [0.717, 1.165) is 16.7 Å². The fraction of sp³-hybridized carbons (Fsp3) is 0.312. The van der Waals surface area contributed by atoms with E-state index in [1.807, 2.05) is 37.5 Å². The van der Waals surface area contributed by atoms with E-state index in [-0.39, 0.29) is 19.0 Å². The minimum Gasteiger partial charge on any atom is -0.481 e. The number of carbonyl (C=O) groups is 2. The minimum atomic E-state index is -0.924. The van der Waals surface area contributed by atoms with Crippen LogP contribution in [0.15, 0.2) is 36.7 Å². The van der Waals surface area contributed by atoms with E-state index in [9.17, 15) is 9.59 Å². The number of carboxylic acid groups (broad SMARTS) is 1. The van der Waals surface area contributed by atoms with Crippen LogP contribution in [0.1, 0.15) is 12.0 Å². The lowest BCUT2D eigenvalue weighted by molar-refractivity contribution is -0.137. The van der Waals surface area contributed by atoms with Gasteiger partial charge in [-0.1, -0.05) is 24.3 Å². The Hall–Kier alpha value is -2.83. The fourth-order valence-corrected chi connectivity index (χ4v) is 2.19. The molecule has 1 aromatic heterocycles. The molecule has 0 aliphatic rings. The Bertz CT molecular complexity index is 696. The zero-order valence-corrected chi connectivity index (χ0v) is 13.2. The summed E-state index contributed by atoms with van der Waals surface area (Å²) < 4.78 is 1.73. The van der Waals surface area contributed by atoms with Crippen LogP contribution in [0.25, 0.3) is 11.1 Å². The smallest absolute Gasteiger partial charge is 0.317 e. The number of carboxylic acids is 1. The Balaban J connectivity index is 2.01. The van der Waals surface area contributed by atoms with Gasteiger partial charge in [-0.15, -0.1) is 0 Å². The van der Waals surface area contributed by atoms with E-state index < -0.39 is 5.97 Å². The van der Waals surface area contributed by atoms with Crippen molar-refractivity contribution in [1.29, 1.82) is 0 Å². The van der Waals surface area contributed by atoms with Gasteiger partial charge in [0.05, 0.1) is 12.6 Å². The zero-order valence-electron chi connectivity index (χ0n) is 13.2. The molecule has 1 aromatic carbocycles. The van der Waals surface area contributed by atoms with Crippen LogP contribution in [0.3, 0.4) is 0 Å². The summed E-state index contributed by atoms with van der Waals surface area (Å²) in [5, 5.41) is 15.6. The number of nitrogens with zero attached hydrogens (tertiary/aromatic N) is 3. The first-order valence-electron chi connectivity index (χ1n) is 7.25. The summed E-state index contributed by atoms with van der Waals surface area (Å²) in [7, 11) is 3.43. The summed E-state index contributed by atoms with van der Waals surface area (Å²) in [5.41, 5.74) is 2.96. The first-order chi connectivity index (χ1) is 11.0. The third-order valence-corrected chi connectivity index (χ3v) is 3.47. The molecule has 0 bridgehead atoms. The summed E-state index contributed by atoms with van der Waals surface area (Å²) in [6.07, 6.45) is 3.62. The van der Waals surface area contributed by atoms with E-state index >= 15 is 0 Å². The Kier molecular flexibility index (Phi) is 5.35. The maximum atomic E-state index is 12.0. The number of aromatic nitrogens is 2. The molecule has 0 aliphatic heterocycles. The Morgan fingerprint density at radius 3 is 2.74 bits per heavy atom. The van der Waals surface area contributed by atoms with Gasteiger partial charge in [-0.05, 0) is 11.1 Å². The second-order valence-corrected chi connectivity index (χ2v) is 5.28. The van der Waals surface area contributed by atoms with Crippen molar-refractivity contribution < 1.29 is 14.7 Å². The molecule has 23 heavy (non-hydrogen) atoms. The molecular formula is C16H20N4O3. The Morgan fingerprint density at radius 2 is 2.09 bits per heavy atom. The van der Waals surface area contributed by atoms with Crippen molar-refractivity contribution in [1.82, 2.24) is 20.0 Å². The first-order valence-corrected chi connectivity index (χ1v) is 7.25. The van der Waals surface area contributed by atoms with Crippen LogP contribution < -0.4 is 5.32 Å². The van der Waals surface area contributed by atoms with Gasteiger partial charge in [0.2, 0.25) is 0 Å². The number of carbonyl (C=O) groups excluding carboxylic acids is 1. The third kappa shape index (κ3) is 4.57. The van der Waals surface area contributed by atoms with Crippen LogP contribution >= 0.6 is 0 Å². The number of amides is 2. The van der Waals surface area contributed by atoms with Gasteiger partial charge in [0.15, 0.2) is 0 Å². The second kappa shape index (κ2) is 7.44. The minimum absolute atomic E-state index is 0.0732. The van der Waals surface area contributed by atoms with Crippen molar-refractivity contribution in [2.75, 3.05) is 13.6 Å². The average Bonchev–Trinajstić information content (AvgIpc) is 2.96. The molecule has 2 aromatic rings. The van der Waals surface area contributed by atoms with Crippen LogP contribution in [0, 0.1) is 0 Å². The molecule has 2 rings (SSSR count). The highest BCUT2D eigenvalue weighted by molar-refractivity contribution is 5.75. The molecule has 0 aliphatic carbocycles. The van der Waals surface area contributed by atoms with Gasteiger partial charge in [0.25, 0.3) is 0 Å². The topological polar surface area (TPSA) is 87.5 Å². The van der Waals surface area contributed by atoms with Crippen LogP contribution in [0.4, 0.5) is 4.79 Å². The number of nitrogens with one attached hydrogen (secondary N) is 1. The van der Waals surface area contributed by atoms with Gasteiger partial charge in [-0.3, -0.25) is 9.48 Å². The Labute approximate surface area is 134 Å². The normalized spacial score (nSPS) is 10.3. The summed E-state index contributed by atoms with van der Waals surface area (Å²) in [6, 6.07) is 7.47. The highest BCUT2D eigenvalue weighted by Gasteiger charge is 2.11. The average molecular weight is 316 g/mol. The molecule has 7 heteroatoms. The largest absolute Gasteiger partial charge is 0.481 e. The molecule has 122 valence electrons. The molecule has 1 heterocycles. The number of rotatable bonds is 6. The van der Waals surface area contributed by atoms with Crippen molar-refractivity contribution in [2.45, 2.75) is 13.0 Å². The SMILES string of the molecule is CN(CCC(=O)O)C(=O)NCc1ccccc1-c1cnn(C)c1. The fourth-order valence-electron chi connectivity index (χ4n) is 2.19. The number of hydrogen-bond donors (Lipinski definition) is 2. The van der Waals surface area contributed by atoms with Gasteiger partial charge in [-0.25, -0.2) is 4.79 Å². The molecule has 0 unspecified atom stereocenters. The quantitative estimate of drug-likeness (QED) is 0.849. The van der Waals surface area contributed by atoms with Crippen LogP contribution in [0.5, 0.6) is 0 Å². The van der Waals surface area contributed by atoms with E-state index in [4.69, 9.17) is 5.11 Å². The number of hydrogen-bond acceptors (Lipinski definition) is 3. The summed E-state index contributed by atoms with van der Waals surface area (Å²) in [4.78, 5) is 23.9. The van der Waals surface area contributed by atoms with Gasteiger partial charge >= 0.3 is 12.0 Å². The molecule has 2 N–H and O–H groups in total. The molecule has 0 saturated heterocycles. The lowest BCUT2D eigenvalue weighted by atomic mass is 10.0. The molecule has 0 saturated carbocycles. The highest BCUT2D eigenvalue weighted by atomic mass is 16.4. The second-order valence-electron chi connectivity index (χ2n) is 5.28. The predicted molar refractivity (Wildman–Crippen MR) is 85.8 cm³/mol. The molecule has 0 atom stereocenters.